The van der Waals surface area contributed by atoms with Gasteiger partial charge in [0.05, 0.1) is 0 Å². The summed E-state index contributed by atoms with van der Waals surface area (Å²) in [7, 11) is 0. The van der Waals surface area contributed by atoms with Crippen LogP contribution in [0.15, 0.2) is 35.0 Å². The Bertz CT molecular complexity index is 802. The summed E-state index contributed by atoms with van der Waals surface area (Å²) in [5.41, 5.74) is 0.447. The highest BCUT2D eigenvalue weighted by Crippen LogP contribution is 2.45. The van der Waals surface area contributed by atoms with Crippen LogP contribution in [0.3, 0.4) is 0 Å². The molecule has 3 aromatic rings. The van der Waals surface area contributed by atoms with Gasteiger partial charge in [0.15, 0.2) is 0 Å². The number of hydrogen-bond acceptors (Lipinski definition) is 3. The van der Waals surface area contributed by atoms with Gasteiger partial charge in [-0.3, -0.25) is 0 Å². The van der Waals surface area contributed by atoms with Gasteiger partial charge in [-0.1, -0.05) is 30.1 Å². The average molecular weight is 303 g/mol. The van der Waals surface area contributed by atoms with Crippen molar-refractivity contribution in [1.82, 2.24) is 15.1 Å². The number of H-pyrrole nitrogens is 1. The molecule has 1 fully saturated rings. The fraction of sp³-hybridized carbons (Fsp3) is 0.375. The molecule has 1 aliphatic rings. The first-order valence-electron chi connectivity index (χ1n) is 7.39. The van der Waals surface area contributed by atoms with Crippen molar-refractivity contribution >= 4 is 10.9 Å². The second-order valence-electron chi connectivity index (χ2n) is 5.87. The summed E-state index contributed by atoms with van der Waals surface area (Å²) in [5, 5.41) is 4.99. The monoisotopic (exact) mass is 303 g/mol. The minimum Gasteiger partial charge on any atom is -0.361 e. The molecule has 0 spiro atoms. The van der Waals surface area contributed by atoms with E-state index in [1.807, 2.05) is 30.5 Å². The largest absolute Gasteiger partial charge is 0.361 e. The first kappa shape index (κ1) is 13.4. The average Bonchev–Trinajstić information content (AvgIpc) is 3.25. The Morgan fingerprint density at radius 1 is 1.18 bits per heavy atom. The van der Waals surface area contributed by atoms with Crippen molar-refractivity contribution in [2.45, 2.75) is 37.5 Å². The number of fused-ring (bicyclic) bond motifs is 1. The molecule has 6 heteroatoms. The molecule has 114 valence electrons. The summed E-state index contributed by atoms with van der Waals surface area (Å²) < 4.78 is 32.3. The van der Waals surface area contributed by atoms with Crippen molar-refractivity contribution in [3.8, 4) is 11.4 Å². The zero-order valence-electron chi connectivity index (χ0n) is 11.9. The SMILES string of the molecule is FC(F)C1(c2nc(-c3ccc4cc[nH]c4c3)no2)CCCC1. The molecule has 22 heavy (non-hydrogen) atoms. The number of alkyl halides is 2. The second kappa shape index (κ2) is 4.90. The Morgan fingerprint density at radius 2 is 2.00 bits per heavy atom. The highest BCUT2D eigenvalue weighted by atomic mass is 19.3. The van der Waals surface area contributed by atoms with Gasteiger partial charge < -0.3 is 9.51 Å². The van der Waals surface area contributed by atoms with Crippen molar-refractivity contribution in [2.75, 3.05) is 0 Å². The third-order valence-corrected chi connectivity index (χ3v) is 4.58. The third kappa shape index (κ3) is 1.94. The zero-order valence-corrected chi connectivity index (χ0v) is 11.9. The van der Waals surface area contributed by atoms with E-state index in [1.54, 1.807) is 0 Å². The van der Waals surface area contributed by atoms with Crippen molar-refractivity contribution in [1.29, 1.82) is 0 Å². The van der Waals surface area contributed by atoms with E-state index in [1.165, 1.54) is 0 Å². The lowest BCUT2D eigenvalue weighted by atomic mass is 9.86. The van der Waals surface area contributed by atoms with Crippen LogP contribution in [0.2, 0.25) is 0 Å². The maximum absolute atomic E-state index is 13.5. The van der Waals surface area contributed by atoms with Gasteiger partial charge >= 0.3 is 0 Å². The van der Waals surface area contributed by atoms with E-state index in [9.17, 15) is 8.78 Å². The van der Waals surface area contributed by atoms with Crippen molar-refractivity contribution in [3.63, 3.8) is 0 Å². The maximum atomic E-state index is 13.5. The van der Waals surface area contributed by atoms with E-state index >= 15 is 0 Å². The second-order valence-corrected chi connectivity index (χ2v) is 5.87. The summed E-state index contributed by atoms with van der Waals surface area (Å²) in [6, 6.07) is 7.67. The molecular formula is C16H15F2N3O. The van der Waals surface area contributed by atoms with E-state index in [2.05, 4.69) is 15.1 Å². The molecule has 1 aliphatic carbocycles. The number of benzene rings is 1. The third-order valence-electron chi connectivity index (χ3n) is 4.58. The van der Waals surface area contributed by atoms with Crippen LogP contribution in [-0.4, -0.2) is 21.6 Å². The molecule has 2 aromatic heterocycles. The van der Waals surface area contributed by atoms with E-state index in [0.29, 0.717) is 18.7 Å². The van der Waals surface area contributed by atoms with Crippen LogP contribution in [0.1, 0.15) is 31.6 Å². The van der Waals surface area contributed by atoms with Crippen LogP contribution < -0.4 is 0 Å². The Labute approximate surface area is 125 Å². The van der Waals surface area contributed by atoms with Gasteiger partial charge in [-0.25, -0.2) is 8.78 Å². The molecule has 0 radical (unpaired) electrons. The maximum Gasteiger partial charge on any atom is 0.252 e. The molecular weight excluding hydrogens is 288 g/mol. The van der Waals surface area contributed by atoms with Gasteiger partial charge in [-0.05, 0) is 30.4 Å². The van der Waals surface area contributed by atoms with E-state index < -0.39 is 11.8 Å². The number of aromatic nitrogens is 3. The van der Waals surface area contributed by atoms with Crippen molar-refractivity contribution in [3.05, 3.63) is 36.4 Å². The molecule has 2 heterocycles. The Hall–Kier alpha value is -2.24. The molecule has 1 aromatic carbocycles. The molecule has 4 rings (SSSR count). The van der Waals surface area contributed by atoms with Gasteiger partial charge in [0.1, 0.15) is 5.41 Å². The molecule has 1 saturated carbocycles. The molecule has 0 atom stereocenters. The number of rotatable bonds is 3. The van der Waals surface area contributed by atoms with Crippen molar-refractivity contribution in [2.24, 2.45) is 0 Å². The van der Waals surface area contributed by atoms with Crippen LogP contribution in [-0.2, 0) is 5.41 Å². The lowest BCUT2D eigenvalue weighted by Crippen LogP contribution is -2.31. The van der Waals surface area contributed by atoms with E-state index in [4.69, 9.17) is 4.52 Å². The van der Waals surface area contributed by atoms with E-state index in [0.717, 1.165) is 29.3 Å². The first-order valence-corrected chi connectivity index (χ1v) is 7.39. The highest BCUT2D eigenvalue weighted by molar-refractivity contribution is 5.83. The lowest BCUT2D eigenvalue weighted by Gasteiger charge is -2.22. The molecule has 0 bridgehead atoms. The minimum absolute atomic E-state index is 0.0709. The molecule has 0 saturated heterocycles. The number of nitrogens with zero attached hydrogens (tertiary/aromatic N) is 2. The van der Waals surface area contributed by atoms with Gasteiger partial charge in [-0.15, -0.1) is 0 Å². The summed E-state index contributed by atoms with van der Waals surface area (Å²) in [6.45, 7) is 0. The van der Waals surface area contributed by atoms with Crippen LogP contribution in [0.5, 0.6) is 0 Å². The standard InChI is InChI=1S/C16H15F2N3O/c17-14(18)16(6-1-2-7-16)15-20-13(21-22-15)11-4-3-10-5-8-19-12(10)9-11/h3-5,8-9,14,19H,1-2,6-7H2. The summed E-state index contributed by atoms with van der Waals surface area (Å²) >= 11 is 0. The number of hydrogen-bond donors (Lipinski definition) is 1. The fourth-order valence-electron chi connectivity index (χ4n) is 3.26. The van der Waals surface area contributed by atoms with Gasteiger partial charge in [0, 0.05) is 17.3 Å². The predicted molar refractivity (Wildman–Crippen MR) is 77.7 cm³/mol. The summed E-state index contributed by atoms with van der Waals surface area (Å²) in [6.07, 6.45) is 1.73. The lowest BCUT2D eigenvalue weighted by molar-refractivity contribution is 0.0328. The quantitative estimate of drug-likeness (QED) is 0.785. The van der Waals surface area contributed by atoms with Crippen LogP contribution in [0.25, 0.3) is 22.3 Å². The van der Waals surface area contributed by atoms with E-state index in [-0.39, 0.29) is 5.89 Å². The Kier molecular flexibility index (Phi) is 2.99. The Balaban J connectivity index is 1.74. The smallest absolute Gasteiger partial charge is 0.252 e. The number of halogens is 2. The summed E-state index contributed by atoms with van der Waals surface area (Å²) in [5.74, 6) is 0.431. The van der Waals surface area contributed by atoms with Crippen LogP contribution in [0, 0.1) is 0 Å². The molecule has 1 N–H and O–H groups in total. The fourth-order valence-corrected chi connectivity index (χ4v) is 3.26. The van der Waals surface area contributed by atoms with Crippen LogP contribution >= 0.6 is 0 Å². The van der Waals surface area contributed by atoms with Gasteiger partial charge in [0.2, 0.25) is 11.7 Å². The molecule has 0 amide bonds. The molecule has 0 unspecified atom stereocenters. The highest BCUT2D eigenvalue weighted by Gasteiger charge is 2.48. The molecule has 0 aliphatic heterocycles. The zero-order chi connectivity index (χ0) is 15.2. The molecule has 4 nitrogen and oxygen atoms in total. The number of aromatic amines is 1. The normalized spacial score (nSPS) is 17.6. The first-order chi connectivity index (χ1) is 10.7. The van der Waals surface area contributed by atoms with Crippen molar-refractivity contribution < 1.29 is 13.3 Å². The Morgan fingerprint density at radius 3 is 2.77 bits per heavy atom. The van der Waals surface area contributed by atoms with Gasteiger partial charge in [0.25, 0.3) is 6.43 Å². The van der Waals surface area contributed by atoms with Gasteiger partial charge in [-0.2, -0.15) is 4.98 Å². The summed E-state index contributed by atoms with van der Waals surface area (Å²) in [4.78, 5) is 7.39. The predicted octanol–water partition coefficient (Wildman–Crippen LogP) is 4.29. The minimum atomic E-state index is -2.48. The van der Waals surface area contributed by atoms with Crippen LogP contribution in [0.4, 0.5) is 8.78 Å². The number of nitrogens with one attached hydrogen (secondary N) is 1. The topological polar surface area (TPSA) is 54.7 Å².